The van der Waals surface area contributed by atoms with Crippen molar-refractivity contribution < 1.29 is 0 Å². The Morgan fingerprint density at radius 3 is 3.07 bits per heavy atom. The quantitative estimate of drug-likeness (QED) is 0.752. The van der Waals surface area contributed by atoms with Gasteiger partial charge in [-0.25, -0.2) is 4.98 Å². The van der Waals surface area contributed by atoms with Crippen LogP contribution in [0.25, 0.3) is 0 Å². The third kappa shape index (κ3) is 2.74. The van der Waals surface area contributed by atoms with Crippen LogP contribution in [0.1, 0.15) is 49.7 Å². The molecule has 1 aliphatic carbocycles. The molecule has 1 unspecified atom stereocenters. The highest BCUT2D eigenvalue weighted by atomic mass is 32.2. The lowest BCUT2D eigenvalue weighted by molar-refractivity contribution is 0.904. The smallest absolute Gasteiger partial charge is 0.103 e. The zero-order valence-corrected chi connectivity index (χ0v) is 10.5. The molecule has 0 bridgehead atoms. The Balaban J connectivity index is 1.83. The van der Waals surface area contributed by atoms with Gasteiger partial charge in [0, 0.05) is 22.3 Å². The molecule has 0 aliphatic heterocycles. The van der Waals surface area contributed by atoms with E-state index in [-0.39, 0.29) is 0 Å². The Hall–Kier alpha value is -0.0200. The average Bonchev–Trinajstić information content (AvgIpc) is 2.95. The number of thioether (sulfide) groups is 1. The van der Waals surface area contributed by atoms with Gasteiger partial charge in [0.05, 0.1) is 5.69 Å². The Labute approximate surface area is 94.3 Å². The van der Waals surface area contributed by atoms with Crippen molar-refractivity contribution in [3.05, 3.63) is 16.1 Å². The highest BCUT2D eigenvalue weighted by Crippen LogP contribution is 2.40. The molecule has 3 heteroatoms. The molecule has 0 radical (unpaired) electrons. The summed E-state index contributed by atoms with van der Waals surface area (Å²) in [5.74, 6) is 1.92. The largest absolute Gasteiger partial charge is 0.245 e. The SMILES string of the molecule is CCC(C)SCc1nc(C2CC2)cs1. The molecule has 1 nitrogen and oxygen atoms in total. The van der Waals surface area contributed by atoms with Crippen LogP contribution in [-0.2, 0) is 5.75 Å². The van der Waals surface area contributed by atoms with Crippen LogP contribution in [0.3, 0.4) is 0 Å². The predicted octanol–water partition coefficient (Wildman–Crippen LogP) is 4.05. The number of hydrogen-bond acceptors (Lipinski definition) is 3. The standard InChI is InChI=1S/C11H17NS2/c1-3-8(2)13-7-11-12-10(6-14-11)9-4-5-9/h6,8-9H,3-5,7H2,1-2H3. The summed E-state index contributed by atoms with van der Waals surface area (Å²) < 4.78 is 0. The van der Waals surface area contributed by atoms with E-state index < -0.39 is 0 Å². The van der Waals surface area contributed by atoms with Gasteiger partial charge >= 0.3 is 0 Å². The first kappa shape index (κ1) is 10.5. The first-order valence-electron chi connectivity index (χ1n) is 5.35. The third-order valence-electron chi connectivity index (χ3n) is 2.63. The number of hydrogen-bond donors (Lipinski definition) is 0. The predicted molar refractivity (Wildman–Crippen MR) is 65.1 cm³/mol. The molecule has 1 atom stereocenters. The van der Waals surface area contributed by atoms with Gasteiger partial charge in [0.2, 0.25) is 0 Å². The molecular weight excluding hydrogens is 210 g/mol. The number of aromatic nitrogens is 1. The fourth-order valence-corrected chi connectivity index (χ4v) is 3.15. The molecule has 1 aliphatic rings. The van der Waals surface area contributed by atoms with E-state index in [0.29, 0.717) is 0 Å². The van der Waals surface area contributed by atoms with Crippen LogP contribution in [0.2, 0.25) is 0 Å². The Morgan fingerprint density at radius 2 is 2.43 bits per heavy atom. The highest BCUT2D eigenvalue weighted by Gasteiger charge is 2.25. The molecule has 0 amide bonds. The van der Waals surface area contributed by atoms with Crippen LogP contribution >= 0.6 is 23.1 Å². The summed E-state index contributed by atoms with van der Waals surface area (Å²) in [6.07, 6.45) is 3.98. The number of thiazole rings is 1. The maximum absolute atomic E-state index is 4.68. The summed E-state index contributed by atoms with van der Waals surface area (Å²) in [6, 6.07) is 0. The van der Waals surface area contributed by atoms with Crippen LogP contribution < -0.4 is 0 Å². The molecule has 0 saturated heterocycles. The molecule has 78 valence electrons. The lowest BCUT2D eigenvalue weighted by atomic mass is 10.3. The van der Waals surface area contributed by atoms with Crippen molar-refractivity contribution in [2.45, 2.75) is 50.0 Å². The van der Waals surface area contributed by atoms with Crippen LogP contribution in [0, 0.1) is 0 Å². The summed E-state index contributed by atoms with van der Waals surface area (Å²) >= 11 is 3.86. The summed E-state index contributed by atoms with van der Waals surface area (Å²) in [6.45, 7) is 4.54. The molecule has 1 heterocycles. The van der Waals surface area contributed by atoms with Crippen molar-refractivity contribution in [2.75, 3.05) is 0 Å². The van der Waals surface area contributed by atoms with Crippen molar-refractivity contribution in [3.63, 3.8) is 0 Å². The first-order valence-corrected chi connectivity index (χ1v) is 7.28. The zero-order valence-electron chi connectivity index (χ0n) is 8.82. The van der Waals surface area contributed by atoms with E-state index in [9.17, 15) is 0 Å². The van der Waals surface area contributed by atoms with Crippen molar-refractivity contribution in [2.24, 2.45) is 0 Å². The Morgan fingerprint density at radius 1 is 1.64 bits per heavy atom. The highest BCUT2D eigenvalue weighted by molar-refractivity contribution is 7.99. The van der Waals surface area contributed by atoms with Gasteiger partial charge in [0.15, 0.2) is 0 Å². The summed E-state index contributed by atoms with van der Waals surface area (Å²) in [5.41, 5.74) is 1.36. The van der Waals surface area contributed by atoms with Crippen molar-refractivity contribution in [1.29, 1.82) is 0 Å². The molecule has 1 fully saturated rings. The molecular formula is C11H17NS2. The van der Waals surface area contributed by atoms with E-state index in [4.69, 9.17) is 0 Å². The van der Waals surface area contributed by atoms with Gasteiger partial charge in [-0.3, -0.25) is 0 Å². The van der Waals surface area contributed by atoms with Crippen LogP contribution in [0.5, 0.6) is 0 Å². The molecule has 0 N–H and O–H groups in total. The fourth-order valence-electron chi connectivity index (χ4n) is 1.29. The minimum absolute atomic E-state index is 0.767. The Bertz CT molecular complexity index is 291. The monoisotopic (exact) mass is 227 g/mol. The van der Waals surface area contributed by atoms with Crippen molar-refractivity contribution >= 4 is 23.1 Å². The molecule has 1 saturated carbocycles. The third-order valence-corrected chi connectivity index (χ3v) is 5.02. The van der Waals surface area contributed by atoms with E-state index in [1.165, 1.54) is 30.0 Å². The van der Waals surface area contributed by atoms with Crippen LogP contribution in [0.15, 0.2) is 5.38 Å². The Kier molecular flexibility index (Phi) is 3.50. The molecule has 14 heavy (non-hydrogen) atoms. The maximum atomic E-state index is 4.68. The van der Waals surface area contributed by atoms with E-state index in [2.05, 4.69) is 24.2 Å². The van der Waals surface area contributed by atoms with Gasteiger partial charge < -0.3 is 0 Å². The second kappa shape index (κ2) is 4.67. The lowest BCUT2D eigenvalue weighted by Gasteiger charge is -2.05. The molecule has 0 spiro atoms. The minimum Gasteiger partial charge on any atom is -0.245 e. The summed E-state index contributed by atoms with van der Waals surface area (Å²) in [5, 5.41) is 4.34. The van der Waals surface area contributed by atoms with Crippen LogP contribution in [-0.4, -0.2) is 10.2 Å². The zero-order chi connectivity index (χ0) is 9.97. The van der Waals surface area contributed by atoms with Gasteiger partial charge in [0.1, 0.15) is 5.01 Å². The summed E-state index contributed by atoms with van der Waals surface area (Å²) in [7, 11) is 0. The van der Waals surface area contributed by atoms with E-state index in [0.717, 1.165) is 16.9 Å². The summed E-state index contributed by atoms with van der Waals surface area (Å²) in [4.78, 5) is 4.68. The lowest BCUT2D eigenvalue weighted by Crippen LogP contribution is -1.93. The topological polar surface area (TPSA) is 12.9 Å². The second-order valence-electron chi connectivity index (χ2n) is 3.97. The second-order valence-corrected chi connectivity index (χ2v) is 6.34. The van der Waals surface area contributed by atoms with Gasteiger partial charge in [-0.15, -0.1) is 11.3 Å². The molecule has 1 aromatic rings. The van der Waals surface area contributed by atoms with Gasteiger partial charge in [-0.1, -0.05) is 13.8 Å². The molecule has 0 aromatic carbocycles. The van der Waals surface area contributed by atoms with Crippen molar-refractivity contribution in [3.8, 4) is 0 Å². The van der Waals surface area contributed by atoms with E-state index >= 15 is 0 Å². The first-order chi connectivity index (χ1) is 6.79. The van der Waals surface area contributed by atoms with Crippen LogP contribution in [0.4, 0.5) is 0 Å². The number of rotatable bonds is 5. The van der Waals surface area contributed by atoms with Gasteiger partial charge in [-0.05, 0) is 19.3 Å². The normalized spacial score (nSPS) is 18.4. The molecule has 2 rings (SSSR count). The van der Waals surface area contributed by atoms with Crippen molar-refractivity contribution in [1.82, 2.24) is 4.98 Å². The average molecular weight is 227 g/mol. The van der Waals surface area contributed by atoms with Gasteiger partial charge in [0.25, 0.3) is 0 Å². The minimum atomic E-state index is 0.767. The fraction of sp³-hybridized carbons (Fsp3) is 0.727. The number of nitrogens with zero attached hydrogens (tertiary/aromatic N) is 1. The maximum Gasteiger partial charge on any atom is 0.103 e. The molecule has 1 aromatic heterocycles. The van der Waals surface area contributed by atoms with Gasteiger partial charge in [-0.2, -0.15) is 11.8 Å². The van der Waals surface area contributed by atoms with E-state index in [1.807, 2.05) is 23.1 Å². The van der Waals surface area contributed by atoms with E-state index in [1.54, 1.807) is 0 Å².